The number of aromatic nitrogens is 1. The molecule has 0 aliphatic carbocycles. The average Bonchev–Trinajstić information content (AvgIpc) is 3.24. The van der Waals surface area contributed by atoms with Crippen LogP contribution in [-0.2, 0) is 0 Å². The Hall–Kier alpha value is -3.72. The van der Waals surface area contributed by atoms with Crippen LogP contribution in [0.5, 0.6) is 5.75 Å². The Balaban J connectivity index is 1.58. The van der Waals surface area contributed by atoms with Crippen molar-refractivity contribution in [2.75, 3.05) is 38.2 Å². The van der Waals surface area contributed by atoms with E-state index in [1.54, 1.807) is 19.4 Å². The molecule has 1 aliphatic heterocycles. The minimum Gasteiger partial charge on any atom is -0.495 e. The molecule has 1 aromatic heterocycles. The number of carbonyl (C=O) groups excluding carboxylic acids is 1. The van der Waals surface area contributed by atoms with E-state index in [-0.39, 0.29) is 5.91 Å². The summed E-state index contributed by atoms with van der Waals surface area (Å²) in [5, 5.41) is 9.62. The Morgan fingerprint density at radius 3 is 2.42 bits per heavy atom. The van der Waals surface area contributed by atoms with E-state index in [4.69, 9.17) is 4.74 Å². The molecule has 0 radical (unpaired) electrons. The van der Waals surface area contributed by atoms with Gasteiger partial charge in [0.2, 0.25) is 0 Å². The fraction of sp³-hybridized carbons (Fsp3) is 0.280. The second-order valence-corrected chi connectivity index (χ2v) is 7.78. The van der Waals surface area contributed by atoms with E-state index in [1.807, 2.05) is 58.9 Å². The van der Waals surface area contributed by atoms with E-state index in [0.29, 0.717) is 37.4 Å². The van der Waals surface area contributed by atoms with Crippen molar-refractivity contribution < 1.29 is 9.53 Å². The lowest BCUT2D eigenvalue weighted by molar-refractivity contribution is 0.0738. The minimum atomic E-state index is -0.112. The number of piperazine rings is 1. The first-order chi connectivity index (χ1) is 15.0. The molecular weight excluding hydrogens is 388 g/mol. The molecule has 2 aromatic carbocycles. The van der Waals surface area contributed by atoms with Gasteiger partial charge in [0.1, 0.15) is 17.5 Å². The van der Waals surface area contributed by atoms with Gasteiger partial charge in [-0.2, -0.15) is 5.26 Å². The maximum Gasteiger partial charge on any atom is 0.272 e. The van der Waals surface area contributed by atoms with Gasteiger partial charge < -0.3 is 19.1 Å². The molecule has 6 nitrogen and oxygen atoms in total. The molecule has 0 unspecified atom stereocenters. The number of benzene rings is 2. The van der Waals surface area contributed by atoms with Crippen molar-refractivity contribution in [1.82, 2.24) is 9.47 Å². The summed E-state index contributed by atoms with van der Waals surface area (Å²) < 4.78 is 7.32. The van der Waals surface area contributed by atoms with E-state index in [9.17, 15) is 10.1 Å². The smallest absolute Gasteiger partial charge is 0.272 e. The van der Waals surface area contributed by atoms with Gasteiger partial charge in [0, 0.05) is 38.1 Å². The third-order valence-corrected chi connectivity index (χ3v) is 5.97. The summed E-state index contributed by atoms with van der Waals surface area (Å²) >= 11 is 0. The number of aryl methyl sites for hydroxylation is 2. The Kier molecular flexibility index (Phi) is 5.68. The molecule has 6 heteroatoms. The van der Waals surface area contributed by atoms with Gasteiger partial charge in [-0.05, 0) is 55.3 Å². The van der Waals surface area contributed by atoms with Gasteiger partial charge in [0.25, 0.3) is 5.91 Å². The standard InChI is InChI=1S/C25H26N4O2/c1-18-8-9-21(16-19(18)2)29-11-10-20(17-26)24(29)25(30)28-14-12-27(13-15-28)22-6-4-5-7-23(22)31-3/h4-11,16H,12-15H2,1-3H3. The molecule has 0 spiro atoms. The molecule has 0 bridgehead atoms. The molecule has 4 rings (SSSR count). The summed E-state index contributed by atoms with van der Waals surface area (Å²) in [7, 11) is 1.67. The lowest BCUT2D eigenvalue weighted by Gasteiger charge is -2.36. The number of amides is 1. The van der Waals surface area contributed by atoms with Gasteiger partial charge in [-0.25, -0.2) is 0 Å². The van der Waals surface area contributed by atoms with Gasteiger partial charge in [0.15, 0.2) is 0 Å². The largest absolute Gasteiger partial charge is 0.495 e. The van der Waals surface area contributed by atoms with Crippen LogP contribution in [0.4, 0.5) is 5.69 Å². The highest BCUT2D eigenvalue weighted by atomic mass is 16.5. The van der Waals surface area contributed by atoms with E-state index in [0.717, 1.165) is 22.7 Å². The number of anilines is 1. The van der Waals surface area contributed by atoms with Crippen LogP contribution < -0.4 is 9.64 Å². The summed E-state index contributed by atoms with van der Waals surface area (Å²) in [6, 6.07) is 17.9. The van der Waals surface area contributed by atoms with Crippen molar-refractivity contribution >= 4 is 11.6 Å². The Labute approximate surface area is 182 Å². The molecule has 1 aliphatic rings. The summed E-state index contributed by atoms with van der Waals surface area (Å²) in [5.41, 5.74) is 5.09. The number of hydrogen-bond donors (Lipinski definition) is 0. The zero-order valence-electron chi connectivity index (χ0n) is 18.1. The summed E-state index contributed by atoms with van der Waals surface area (Å²) in [4.78, 5) is 17.5. The first-order valence-corrected chi connectivity index (χ1v) is 10.4. The van der Waals surface area contributed by atoms with Crippen LogP contribution in [-0.4, -0.2) is 48.7 Å². The van der Waals surface area contributed by atoms with E-state index in [1.165, 1.54) is 5.56 Å². The second-order valence-electron chi connectivity index (χ2n) is 7.78. The van der Waals surface area contributed by atoms with Gasteiger partial charge in [-0.1, -0.05) is 18.2 Å². The molecule has 31 heavy (non-hydrogen) atoms. The monoisotopic (exact) mass is 414 g/mol. The van der Waals surface area contributed by atoms with Crippen LogP contribution in [0.3, 0.4) is 0 Å². The van der Waals surface area contributed by atoms with Crippen LogP contribution in [0.25, 0.3) is 5.69 Å². The van der Waals surface area contributed by atoms with Crippen LogP contribution in [0.2, 0.25) is 0 Å². The number of carbonyl (C=O) groups is 1. The highest BCUT2D eigenvalue weighted by Crippen LogP contribution is 2.29. The summed E-state index contributed by atoms with van der Waals surface area (Å²) in [5.74, 6) is 0.720. The number of rotatable bonds is 4. The zero-order chi connectivity index (χ0) is 22.0. The van der Waals surface area contributed by atoms with Gasteiger partial charge in [0.05, 0.1) is 18.4 Å². The molecule has 0 saturated carbocycles. The number of nitriles is 1. The molecular formula is C25H26N4O2. The van der Waals surface area contributed by atoms with Crippen molar-refractivity contribution in [3.05, 3.63) is 77.1 Å². The third-order valence-electron chi connectivity index (χ3n) is 5.97. The average molecular weight is 415 g/mol. The SMILES string of the molecule is COc1ccccc1N1CCN(C(=O)c2c(C#N)ccn2-c2ccc(C)c(C)c2)CC1. The maximum absolute atomic E-state index is 13.5. The number of para-hydroxylation sites is 2. The topological polar surface area (TPSA) is 61.5 Å². The van der Waals surface area contributed by atoms with Crippen LogP contribution in [0.1, 0.15) is 27.2 Å². The lowest BCUT2D eigenvalue weighted by Crippen LogP contribution is -2.49. The fourth-order valence-electron chi connectivity index (χ4n) is 4.02. The molecule has 1 amide bonds. The second kappa shape index (κ2) is 8.57. The molecule has 2 heterocycles. The summed E-state index contributed by atoms with van der Waals surface area (Å²) in [6.45, 7) is 6.69. The first-order valence-electron chi connectivity index (χ1n) is 10.4. The molecule has 1 saturated heterocycles. The number of hydrogen-bond acceptors (Lipinski definition) is 4. The van der Waals surface area contributed by atoms with Crippen molar-refractivity contribution in [2.45, 2.75) is 13.8 Å². The van der Waals surface area contributed by atoms with Crippen molar-refractivity contribution in [1.29, 1.82) is 5.26 Å². The molecule has 0 N–H and O–H groups in total. The number of nitrogens with zero attached hydrogens (tertiary/aromatic N) is 4. The molecule has 0 atom stereocenters. The van der Waals surface area contributed by atoms with E-state index < -0.39 is 0 Å². The fourth-order valence-corrected chi connectivity index (χ4v) is 4.02. The van der Waals surface area contributed by atoms with Crippen molar-refractivity contribution in [3.8, 4) is 17.5 Å². The molecule has 3 aromatic rings. The van der Waals surface area contributed by atoms with Crippen molar-refractivity contribution in [3.63, 3.8) is 0 Å². The van der Waals surface area contributed by atoms with Crippen molar-refractivity contribution in [2.24, 2.45) is 0 Å². The number of ether oxygens (including phenoxy) is 1. The van der Waals surface area contributed by atoms with Crippen LogP contribution in [0.15, 0.2) is 54.7 Å². The van der Waals surface area contributed by atoms with E-state index >= 15 is 0 Å². The van der Waals surface area contributed by atoms with Gasteiger partial charge in [-0.3, -0.25) is 4.79 Å². The molecule has 158 valence electrons. The summed E-state index contributed by atoms with van der Waals surface area (Å²) in [6.07, 6.45) is 1.81. The van der Waals surface area contributed by atoms with E-state index in [2.05, 4.69) is 17.9 Å². The Morgan fingerprint density at radius 2 is 1.74 bits per heavy atom. The number of methoxy groups -OCH3 is 1. The normalized spacial score (nSPS) is 13.7. The predicted molar refractivity (Wildman–Crippen MR) is 121 cm³/mol. The predicted octanol–water partition coefficient (Wildman–Crippen LogP) is 3.94. The quantitative estimate of drug-likeness (QED) is 0.649. The highest BCUT2D eigenvalue weighted by Gasteiger charge is 2.28. The van der Waals surface area contributed by atoms with Crippen LogP contribution >= 0.6 is 0 Å². The van der Waals surface area contributed by atoms with Gasteiger partial charge >= 0.3 is 0 Å². The third kappa shape index (κ3) is 3.87. The van der Waals surface area contributed by atoms with Crippen LogP contribution in [0, 0.1) is 25.2 Å². The molecule has 1 fully saturated rings. The Morgan fingerprint density at radius 1 is 1.00 bits per heavy atom. The first kappa shape index (κ1) is 20.5. The Bertz CT molecular complexity index is 1150. The zero-order valence-corrected chi connectivity index (χ0v) is 18.1. The lowest BCUT2D eigenvalue weighted by atomic mass is 10.1. The minimum absolute atomic E-state index is 0.112. The van der Waals surface area contributed by atoms with Gasteiger partial charge in [-0.15, -0.1) is 0 Å². The maximum atomic E-state index is 13.5. The highest BCUT2D eigenvalue weighted by molar-refractivity contribution is 5.96.